The molecule has 1 aromatic carbocycles. The van der Waals surface area contributed by atoms with Crippen LogP contribution in [0.1, 0.15) is 6.42 Å². The molecule has 1 aliphatic rings. The van der Waals surface area contributed by atoms with Crippen LogP contribution in [0.15, 0.2) is 22.7 Å². The van der Waals surface area contributed by atoms with E-state index in [1.54, 1.807) is 6.07 Å². The summed E-state index contributed by atoms with van der Waals surface area (Å²) in [6, 6.07) is 4.34. The summed E-state index contributed by atoms with van der Waals surface area (Å²) < 4.78 is 35.8. The van der Waals surface area contributed by atoms with Gasteiger partial charge in [-0.25, -0.2) is 17.9 Å². The first-order valence-corrected chi connectivity index (χ1v) is 8.03. The van der Waals surface area contributed by atoms with Crippen LogP contribution in [0, 0.1) is 11.7 Å². The van der Waals surface area contributed by atoms with Gasteiger partial charge in [-0.2, -0.15) is 0 Å². The SMILES string of the molecule is NS(=O)(=O)CC1CC(=O)N(c2ccc(Br)c(F)c2)C1. The fraction of sp³-hybridized carbons (Fsp3) is 0.364. The van der Waals surface area contributed by atoms with Crippen molar-refractivity contribution < 1.29 is 17.6 Å². The third-order valence-corrected chi connectivity index (χ3v) is 4.47. The third-order valence-electron chi connectivity index (χ3n) is 2.89. The van der Waals surface area contributed by atoms with Crippen LogP contribution in [-0.4, -0.2) is 26.6 Å². The molecule has 2 N–H and O–H groups in total. The second kappa shape index (κ2) is 5.18. The van der Waals surface area contributed by atoms with Gasteiger partial charge >= 0.3 is 0 Å². The Morgan fingerprint density at radius 2 is 2.16 bits per heavy atom. The second-order valence-corrected chi connectivity index (χ2v) is 7.02. The molecule has 5 nitrogen and oxygen atoms in total. The molecular formula is C11H12BrFN2O3S. The quantitative estimate of drug-likeness (QED) is 0.890. The monoisotopic (exact) mass is 350 g/mol. The van der Waals surface area contributed by atoms with Crippen molar-refractivity contribution in [2.45, 2.75) is 6.42 Å². The van der Waals surface area contributed by atoms with Gasteiger partial charge in [-0.3, -0.25) is 4.79 Å². The Hall–Kier alpha value is -0.990. The minimum Gasteiger partial charge on any atom is -0.312 e. The minimum atomic E-state index is -3.61. The summed E-state index contributed by atoms with van der Waals surface area (Å²) in [5.74, 6) is -1.29. The smallest absolute Gasteiger partial charge is 0.227 e. The van der Waals surface area contributed by atoms with E-state index in [1.807, 2.05) is 0 Å². The Labute approximate surface area is 118 Å². The molecule has 1 unspecified atom stereocenters. The molecule has 104 valence electrons. The number of hydrogen-bond donors (Lipinski definition) is 1. The van der Waals surface area contributed by atoms with Crippen LogP contribution in [0.4, 0.5) is 10.1 Å². The Balaban J connectivity index is 2.18. The lowest BCUT2D eigenvalue weighted by atomic mass is 10.1. The summed E-state index contributed by atoms with van der Waals surface area (Å²) in [6.07, 6.45) is 0.105. The molecule has 0 radical (unpaired) electrons. The van der Waals surface area contributed by atoms with Crippen molar-refractivity contribution in [3.63, 3.8) is 0 Å². The third kappa shape index (κ3) is 3.52. The van der Waals surface area contributed by atoms with Crippen molar-refractivity contribution in [3.8, 4) is 0 Å². The molecule has 0 saturated carbocycles. The molecule has 0 aromatic heterocycles. The van der Waals surface area contributed by atoms with E-state index < -0.39 is 15.8 Å². The van der Waals surface area contributed by atoms with E-state index in [1.165, 1.54) is 17.0 Å². The second-order valence-electron chi connectivity index (χ2n) is 4.50. The molecule has 1 heterocycles. The number of primary sulfonamides is 1. The Kier molecular flexibility index (Phi) is 3.93. The van der Waals surface area contributed by atoms with Crippen LogP contribution in [0.25, 0.3) is 0 Å². The maximum Gasteiger partial charge on any atom is 0.227 e. The van der Waals surface area contributed by atoms with E-state index in [-0.39, 0.29) is 30.5 Å². The zero-order chi connectivity index (χ0) is 14.2. The molecule has 0 bridgehead atoms. The predicted octanol–water partition coefficient (Wildman–Crippen LogP) is 1.23. The minimum absolute atomic E-state index is 0.105. The van der Waals surface area contributed by atoms with Crippen molar-refractivity contribution in [2.24, 2.45) is 11.1 Å². The molecule has 0 spiro atoms. The number of halogens is 2. The number of carbonyl (C=O) groups is 1. The van der Waals surface area contributed by atoms with Crippen LogP contribution < -0.4 is 10.0 Å². The van der Waals surface area contributed by atoms with Gasteiger partial charge in [-0.15, -0.1) is 0 Å². The highest BCUT2D eigenvalue weighted by molar-refractivity contribution is 9.10. The van der Waals surface area contributed by atoms with Gasteiger partial charge in [-0.05, 0) is 34.1 Å². The van der Waals surface area contributed by atoms with E-state index in [0.29, 0.717) is 10.2 Å². The number of amides is 1. The zero-order valence-corrected chi connectivity index (χ0v) is 12.2. The van der Waals surface area contributed by atoms with Crippen LogP contribution in [0.5, 0.6) is 0 Å². The molecule has 1 aromatic rings. The van der Waals surface area contributed by atoms with E-state index in [9.17, 15) is 17.6 Å². The summed E-state index contributed by atoms with van der Waals surface area (Å²) in [5, 5.41) is 4.97. The van der Waals surface area contributed by atoms with E-state index in [0.717, 1.165) is 0 Å². The van der Waals surface area contributed by atoms with E-state index in [4.69, 9.17) is 5.14 Å². The van der Waals surface area contributed by atoms with Gasteiger partial charge in [0.1, 0.15) is 5.82 Å². The Morgan fingerprint density at radius 1 is 1.47 bits per heavy atom. The van der Waals surface area contributed by atoms with Crippen molar-refractivity contribution in [1.29, 1.82) is 0 Å². The van der Waals surface area contributed by atoms with Gasteiger partial charge in [0.05, 0.1) is 10.2 Å². The summed E-state index contributed by atoms with van der Waals surface area (Å²) in [6.45, 7) is 0.232. The van der Waals surface area contributed by atoms with Gasteiger partial charge in [0, 0.05) is 24.6 Å². The average molecular weight is 351 g/mol. The predicted molar refractivity (Wildman–Crippen MR) is 72.5 cm³/mol. The van der Waals surface area contributed by atoms with Crippen LogP contribution in [0.2, 0.25) is 0 Å². The van der Waals surface area contributed by atoms with Gasteiger partial charge in [0.2, 0.25) is 15.9 Å². The van der Waals surface area contributed by atoms with E-state index >= 15 is 0 Å². The first-order valence-electron chi connectivity index (χ1n) is 5.52. The molecule has 19 heavy (non-hydrogen) atoms. The highest BCUT2D eigenvalue weighted by atomic mass is 79.9. The number of sulfonamides is 1. The van der Waals surface area contributed by atoms with Crippen LogP contribution in [-0.2, 0) is 14.8 Å². The fourth-order valence-corrected chi connectivity index (χ4v) is 3.25. The van der Waals surface area contributed by atoms with Gasteiger partial charge in [0.25, 0.3) is 0 Å². The molecule has 1 saturated heterocycles. The van der Waals surface area contributed by atoms with Crippen LogP contribution >= 0.6 is 15.9 Å². The molecule has 1 aliphatic heterocycles. The number of rotatable bonds is 3. The Bertz CT molecular complexity index is 620. The summed E-state index contributed by atoms with van der Waals surface area (Å²) >= 11 is 3.03. The fourth-order valence-electron chi connectivity index (χ4n) is 2.12. The molecular weight excluding hydrogens is 339 g/mol. The standard InChI is InChI=1S/C11H12BrFN2O3S/c12-9-2-1-8(4-10(9)13)15-5-7(3-11(15)16)6-19(14,17)18/h1-2,4,7H,3,5-6H2,(H2,14,17,18). The van der Waals surface area contributed by atoms with Crippen molar-refractivity contribution >= 4 is 37.5 Å². The molecule has 0 aliphatic carbocycles. The van der Waals surface area contributed by atoms with Crippen molar-refractivity contribution in [2.75, 3.05) is 17.2 Å². The maximum atomic E-state index is 13.4. The summed E-state index contributed by atoms with van der Waals surface area (Å²) in [4.78, 5) is 13.2. The van der Waals surface area contributed by atoms with Gasteiger partial charge in [0.15, 0.2) is 0 Å². The highest BCUT2D eigenvalue weighted by Crippen LogP contribution is 2.28. The largest absolute Gasteiger partial charge is 0.312 e. The molecule has 1 amide bonds. The summed E-state index contributed by atoms with van der Waals surface area (Å²) in [5.41, 5.74) is 0.419. The average Bonchev–Trinajstić information content (AvgIpc) is 2.61. The first-order chi connectivity index (χ1) is 8.76. The van der Waals surface area contributed by atoms with Crippen molar-refractivity contribution in [3.05, 3.63) is 28.5 Å². The van der Waals surface area contributed by atoms with Gasteiger partial charge < -0.3 is 4.90 Å². The number of hydrogen-bond acceptors (Lipinski definition) is 3. The molecule has 8 heteroatoms. The maximum absolute atomic E-state index is 13.4. The topological polar surface area (TPSA) is 80.5 Å². The number of carbonyl (C=O) groups excluding carboxylic acids is 1. The highest BCUT2D eigenvalue weighted by Gasteiger charge is 2.32. The Morgan fingerprint density at radius 3 is 2.74 bits per heavy atom. The number of nitrogens with two attached hydrogens (primary N) is 1. The van der Waals surface area contributed by atoms with Crippen molar-refractivity contribution in [1.82, 2.24) is 0 Å². The number of nitrogens with zero attached hydrogens (tertiary/aromatic N) is 1. The molecule has 2 rings (SSSR count). The molecule has 1 fully saturated rings. The summed E-state index contributed by atoms with van der Waals surface area (Å²) in [7, 11) is -3.61. The first kappa shape index (κ1) is 14.4. The lowest BCUT2D eigenvalue weighted by molar-refractivity contribution is -0.117. The normalized spacial score (nSPS) is 20.1. The number of benzene rings is 1. The van der Waals surface area contributed by atoms with Gasteiger partial charge in [-0.1, -0.05) is 0 Å². The lowest BCUT2D eigenvalue weighted by Gasteiger charge is -2.17. The number of anilines is 1. The molecule has 1 atom stereocenters. The van der Waals surface area contributed by atoms with E-state index in [2.05, 4.69) is 15.9 Å². The zero-order valence-electron chi connectivity index (χ0n) is 9.84. The lowest BCUT2D eigenvalue weighted by Crippen LogP contribution is -2.27. The van der Waals surface area contributed by atoms with Crippen LogP contribution in [0.3, 0.4) is 0 Å².